The molecule has 0 bridgehead atoms. The number of aliphatic imine (C=N–C) groups is 3. The first-order valence-electron chi connectivity index (χ1n) is 20.0. The van der Waals surface area contributed by atoms with E-state index < -0.39 is 0 Å². The van der Waals surface area contributed by atoms with Gasteiger partial charge in [-0.2, -0.15) is 4.99 Å². The third-order valence-corrected chi connectivity index (χ3v) is 11.0. The highest BCUT2D eigenvalue weighted by Gasteiger charge is 2.25. The molecule has 2 heterocycles. The molecule has 7 nitrogen and oxygen atoms in total. The number of rotatable bonds is 8. The number of nitrogen functional groups attached to an aromatic ring is 1. The standard InChI is InChI=1S/C53H40N6O/c1-55-52(39-22-9-4-10-23-39)57-53(56-34-37-19-15-24-40(33-37)38-20-7-3-8-21-38)59-47-32-31-44(54)51(60-35-36-17-5-2-6-18-36)49(47)43-27-16-30-48(50(43)59)58-45-28-13-11-25-41(45)42-26-12-14-29-46(42)58/h2-33H,1,34-35,54H2/b56-53?,57-52-. The Morgan fingerprint density at radius 1 is 0.567 bits per heavy atom. The van der Waals surface area contributed by atoms with Crippen molar-refractivity contribution in [3.05, 3.63) is 211 Å². The molecule has 0 saturated heterocycles. The summed E-state index contributed by atoms with van der Waals surface area (Å²) in [6.45, 7) is 4.68. The molecule has 288 valence electrons. The van der Waals surface area contributed by atoms with Crippen LogP contribution < -0.4 is 10.5 Å². The fourth-order valence-electron chi connectivity index (χ4n) is 8.25. The zero-order chi connectivity index (χ0) is 40.4. The molecule has 0 aliphatic rings. The molecule has 0 spiro atoms. The van der Waals surface area contributed by atoms with E-state index in [2.05, 4.69) is 148 Å². The maximum atomic E-state index is 6.86. The Hall–Kier alpha value is -8.03. The molecular formula is C53H40N6O. The van der Waals surface area contributed by atoms with Crippen LogP contribution in [0.1, 0.15) is 16.7 Å². The lowest BCUT2D eigenvalue weighted by Gasteiger charge is -2.15. The summed E-state index contributed by atoms with van der Waals surface area (Å²) in [6.07, 6.45) is 0. The largest absolute Gasteiger partial charge is 0.486 e. The van der Waals surface area contributed by atoms with Crippen molar-refractivity contribution in [2.24, 2.45) is 15.0 Å². The van der Waals surface area contributed by atoms with Crippen molar-refractivity contribution in [3.63, 3.8) is 0 Å². The molecule has 0 amide bonds. The molecule has 0 unspecified atom stereocenters. The van der Waals surface area contributed by atoms with Crippen molar-refractivity contribution in [1.29, 1.82) is 0 Å². The minimum Gasteiger partial charge on any atom is -0.486 e. The van der Waals surface area contributed by atoms with Gasteiger partial charge in [0.05, 0.1) is 45.4 Å². The fourth-order valence-corrected chi connectivity index (χ4v) is 8.25. The van der Waals surface area contributed by atoms with E-state index in [4.69, 9.17) is 20.5 Å². The first-order valence-corrected chi connectivity index (χ1v) is 20.0. The zero-order valence-corrected chi connectivity index (χ0v) is 32.8. The molecule has 0 fully saturated rings. The van der Waals surface area contributed by atoms with Crippen LogP contribution in [0.3, 0.4) is 0 Å². The van der Waals surface area contributed by atoms with Crippen LogP contribution >= 0.6 is 0 Å². The van der Waals surface area contributed by atoms with Crippen molar-refractivity contribution in [2.45, 2.75) is 13.2 Å². The summed E-state index contributed by atoms with van der Waals surface area (Å²) in [7, 11) is 0. The lowest BCUT2D eigenvalue weighted by molar-refractivity contribution is 0.312. The highest BCUT2D eigenvalue weighted by Crippen LogP contribution is 2.43. The predicted molar refractivity (Wildman–Crippen MR) is 250 cm³/mol. The number of amidine groups is 1. The Morgan fingerprint density at radius 2 is 1.17 bits per heavy atom. The molecule has 0 atom stereocenters. The van der Waals surface area contributed by atoms with Gasteiger partial charge in [-0.1, -0.05) is 158 Å². The Kier molecular flexibility index (Phi) is 9.52. The molecule has 2 aromatic heterocycles. The molecule has 10 aromatic rings. The number of nitrogens with zero attached hydrogens (tertiary/aromatic N) is 5. The van der Waals surface area contributed by atoms with E-state index in [0.29, 0.717) is 36.4 Å². The predicted octanol–water partition coefficient (Wildman–Crippen LogP) is 12.3. The smallest absolute Gasteiger partial charge is 0.232 e. The average molecular weight is 777 g/mol. The number of ether oxygens (including phenoxy) is 1. The second-order valence-electron chi connectivity index (χ2n) is 14.7. The van der Waals surface area contributed by atoms with Crippen molar-refractivity contribution < 1.29 is 4.74 Å². The van der Waals surface area contributed by atoms with Crippen LogP contribution in [0.15, 0.2) is 209 Å². The highest BCUT2D eigenvalue weighted by atomic mass is 16.5. The van der Waals surface area contributed by atoms with Crippen LogP contribution in [-0.4, -0.2) is 27.6 Å². The van der Waals surface area contributed by atoms with E-state index in [9.17, 15) is 0 Å². The summed E-state index contributed by atoms with van der Waals surface area (Å²) >= 11 is 0. The van der Waals surface area contributed by atoms with Gasteiger partial charge in [-0.25, -0.2) is 9.98 Å². The summed E-state index contributed by atoms with van der Waals surface area (Å²) in [5, 5.41) is 4.14. The van der Waals surface area contributed by atoms with Crippen molar-refractivity contribution in [2.75, 3.05) is 5.73 Å². The molecule has 8 aromatic carbocycles. The quantitative estimate of drug-likeness (QED) is 0.0947. The second kappa shape index (κ2) is 15.7. The van der Waals surface area contributed by atoms with Crippen molar-refractivity contribution in [3.8, 4) is 22.6 Å². The van der Waals surface area contributed by atoms with Crippen LogP contribution in [0.5, 0.6) is 5.75 Å². The average Bonchev–Trinajstić information content (AvgIpc) is 3.83. The van der Waals surface area contributed by atoms with Gasteiger partial charge in [0.15, 0.2) is 11.6 Å². The second-order valence-corrected chi connectivity index (χ2v) is 14.7. The van der Waals surface area contributed by atoms with Gasteiger partial charge in [-0.05, 0) is 65.4 Å². The number of hydrogen-bond donors (Lipinski definition) is 1. The normalized spacial score (nSPS) is 12.1. The highest BCUT2D eigenvalue weighted by molar-refractivity contribution is 6.22. The van der Waals surface area contributed by atoms with Crippen LogP contribution in [0, 0.1) is 0 Å². The summed E-state index contributed by atoms with van der Waals surface area (Å²) in [6, 6.07) is 66.4. The molecule has 10 rings (SSSR count). The molecule has 7 heteroatoms. The van der Waals surface area contributed by atoms with Gasteiger partial charge in [0.2, 0.25) is 5.96 Å². The molecule has 0 saturated carbocycles. The Morgan fingerprint density at radius 3 is 1.88 bits per heavy atom. The van der Waals surface area contributed by atoms with E-state index in [0.717, 1.165) is 77.1 Å². The molecule has 60 heavy (non-hydrogen) atoms. The number of para-hydroxylation sites is 3. The van der Waals surface area contributed by atoms with Gasteiger partial charge in [-0.3, -0.25) is 4.57 Å². The fraction of sp³-hybridized carbons (Fsp3) is 0.0377. The van der Waals surface area contributed by atoms with Crippen LogP contribution in [0.2, 0.25) is 0 Å². The maximum Gasteiger partial charge on any atom is 0.232 e. The third kappa shape index (κ3) is 6.58. The Bertz CT molecular complexity index is 3200. The number of aromatic nitrogens is 2. The van der Waals surface area contributed by atoms with Crippen LogP contribution in [0.4, 0.5) is 5.69 Å². The van der Waals surface area contributed by atoms with Gasteiger partial charge in [0.1, 0.15) is 6.61 Å². The van der Waals surface area contributed by atoms with Gasteiger partial charge >= 0.3 is 0 Å². The molecular weight excluding hydrogens is 737 g/mol. The summed E-state index contributed by atoms with van der Waals surface area (Å²) < 4.78 is 11.2. The van der Waals surface area contributed by atoms with E-state index in [-0.39, 0.29) is 0 Å². The van der Waals surface area contributed by atoms with Crippen molar-refractivity contribution >= 4 is 67.8 Å². The van der Waals surface area contributed by atoms with Gasteiger partial charge in [0.25, 0.3) is 0 Å². The van der Waals surface area contributed by atoms with Gasteiger partial charge in [-0.15, -0.1) is 0 Å². The summed E-state index contributed by atoms with van der Waals surface area (Å²) in [5.74, 6) is 1.49. The molecule has 0 aliphatic heterocycles. The lowest BCUT2D eigenvalue weighted by atomic mass is 10.0. The SMILES string of the molecule is C=N/C(=N\C(=NCc1cccc(-c2ccccc2)c1)n1c2ccc(N)c(OCc3ccccc3)c2c2cccc(-n3c4ccccc4c4ccccc43)c21)c1ccccc1. The van der Waals surface area contributed by atoms with Crippen LogP contribution in [0.25, 0.3) is 60.4 Å². The number of benzene rings is 8. The van der Waals surface area contributed by atoms with Gasteiger partial charge in [0, 0.05) is 21.7 Å². The number of fused-ring (bicyclic) bond motifs is 6. The number of hydrogen-bond acceptors (Lipinski definition) is 3. The zero-order valence-electron chi connectivity index (χ0n) is 32.8. The Balaban J connectivity index is 1.28. The minimum atomic E-state index is 0.346. The molecule has 0 radical (unpaired) electrons. The van der Waals surface area contributed by atoms with Crippen molar-refractivity contribution in [1.82, 2.24) is 9.13 Å². The van der Waals surface area contributed by atoms with E-state index in [1.807, 2.05) is 66.7 Å². The monoisotopic (exact) mass is 776 g/mol. The first-order chi connectivity index (χ1) is 29.7. The number of anilines is 1. The first kappa shape index (κ1) is 36.3. The summed E-state index contributed by atoms with van der Waals surface area (Å²) in [5.41, 5.74) is 17.4. The Labute approximate surface area is 347 Å². The molecule has 0 aliphatic carbocycles. The minimum absolute atomic E-state index is 0.346. The van der Waals surface area contributed by atoms with E-state index >= 15 is 0 Å². The maximum absolute atomic E-state index is 6.86. The van der Waals surface area contributed by atoms with Crippen LogP contribution in [-0.2, 0) is 13.2 Å². The lowest BCUT2D eigenvalue weighted by Crippen LogP contribution is -2.14. The molecule has 2 N–H and O–H groups in total. The van der Waals surface area contributed by atoms with Gasteiger partial charge < -0.3 is 15.0 Å². The topological polar surface area (TPSA) is 82.2 Å². The summed E-state index contributed by atoms with van der Waals surface area (Å²) in [4.78, 5) is 15.2. The third-order valence-electron chi connectivity index (χ3n) is 11.0. The number of nitrogens with two attached hydrogens (primary N) is 1. The van der Waals surface area contributed by atoms with E-state index in [1.54, 1.807) is 0 Å². The van der Waals surface area contributed by atoms with E-state index in [1.165, 1.54) is 0 Å².